The molecule has 8 nitrogen and oxygen atoms in total. The van der Waals surface area contributed by atoms with Crippen molar-refractivity contribution in [3.63, 3.8) is 0 Å². The van der Waals surface area contributed by atoms with Gasteiger partial charge < -0.3 is 19.9 Å². The van der Waals surface area contributed by atoms with Crippen molar-refractivity contribution in [2.24, 2.45) is 5.92 Å². The molecule has 8 heteroatoms. The number of anilines is 1. The molecule has 1 unspecified atom stereocenters. The van der Waals surface area contributed by atoms with E-state index in [0.717, 1.165) is 37.9 Å². The summed E-state index contributed by atoms with van der Waals surface area (Å²) in [5.74, 6) is -0.258. The molecule has 4 aliphatic rings. The molecule has 1 saturated carbocycles. The van der Waals surface area contributed by atoms with Crippen LogP contribution in [-0.2, 0) is 14.3 Å². The summed E-state index contributed by atoms with van der Waals surface area (Å²) in [4.78, 5) is 45.3. The summed E-state index contributed by atoms with van der Waals surface area (Å²) in [6, 6.07) is 7.33. The largest absolute Gasteiger partial charge is 0.369 e. The quantitative estimate of drug-likeness (QED) is 0.656. The highest BCUT2D eigenvalue weighted by Gasteiger charge is 2.48. The second-order valence-electron chi connectivity index (χ2n) is 10.5. The molecule has 5 rings (SSSR count). The topological polar surface area (TPSA) is 82.2 Å². The average molecular weight is 469 g/mol. The van der Waals surface area contributed by atoms with Crippen molar-refractivity contribution in [3.05, 3.63) is 29.8 Å². The van der Waals surface area contributed by atoms with Gasteiger partial charge in [0.15, 0.2) is 5.78 Å². The third kappa shape index (κ3) is 4.84. The van der Waals surface area contributed by atoms with Crippen LogP contribution in [0.15, 0.2) is 24.3 Å². The molecule has 3 aliphatic heterocycles. The van der Waals surface area contributed by atoms with Gasteiger partial charge in [0, 0.05) is 50.0 Å². The number of nitrogens with zero attached hydrogens (tertiary/aromatic N) is 3. The number of hydrogen-bond acceptors (Lipinski definition) is 6. The lowest BCUT2D eigenvalue weighted by Crippen LogP contribution is -2.52. The number of ether oxygens (including phenoxy) is 1. The number of rotatable bonds is 7. The van der Waals surface area contributed by atoms with Crippen LogP contribution in [0.25, 0.3) is 0 Å². The zero-order valence-electron chi connectivity index (χ0n) is 20.2. The molecule has 3 saturated heterocycles. The number of likely N-dealkylation sites (tertiary alicyclic amines) is 1. The second-order valence-corrected chi connectivity index (χ2v) is 10.5. The lowest BCUT2D eigenvalue weighted by molar-refractivity contribution is -0.138. The van der Waals surface area contributed by atoms with E-state index in [1.807, 2.05) is 38.1 Å². The molecule has 34 heavy (non-hydrogen) atoms. The molecular formula is C26H36N4O4. The van der Waals surface area contributed by atoms with Crippen molar-refractivity contribution in [2.75, 3.05) is 44.2 Å². The summed E-state index contributed by atoms with van der Waals surface area (Å²) < 4.78 is 5.53. The molecule has 2 amide bonds. The fourth-order valence-corrected chi connectivity index (χ4v) is 5.58. The van der Waals surface area contributed by atoms with Gasteiger partial charge in [0.1, 0.15) is 18.7 Å². The number of carbonyl (C=O) groups excluding carboxylic acids is 3. The standard InChI is InChI=1S/C26H36N4O4/c1-17(2)15-21(26(33)30-10-9-23-24(30)22(31)16-34-23)27-25(32)18-3-5-19(6-4-18)28-11-13-29(14-12-28)20-7-8-20/h3-6,17,20-21,23-24H,7-16H2,1-2H3,(H,27,32)/t21?,23-,24-/m1/s1. The SMILES string of the molecule is CC(C)CC(NC(=O)c1ccc(N2CCN(C3CC3)CC2)cc1)C(=O)N1CC[C@H]2OCC(=O)[C@H]21. The van der Waals surface area contributed by atoms with E-state index < -0.39 is 12.1 Å². The molecule has 0 radical (unpaired) electrons. The highest BCUT2D eigenvalue weighted by Crippen LogP contribution is 2.29. The van der Waals surface area contributed by atoms with Crippen LogP contribution in [0.1, 0.15) is 49.9 Å². The summed E-state index contributed by atoms with van der Waals surface area (Å²) >= 11 is 0. The Hall–Kier alpha value is -2.45. The van der Waals surface area contributed by atoms with E-state index in [2.05, 4.69) is 15.1 Å². The molecule has 0 aromatic heterocycles. The van der Waals surface area contributed by atoms with Crippen molar-refractivity contribution < 1.29 is 19.1 Å². The zero-order valence-corrected chi connectivity index (χ0v) is 20.2. The average Bonchev–Trinajstić information content (AvgIpc) is 3.50. The summed E-state index contributed by atoms with van der Waals surface area (Å²) in [5.41, 5.74) is 1.67. The van der Waals surface area contributed by atoms with Crippen LogP contribution >= 0.6 is 0 Å². The fourth-order valence-electron chi connectivity index (χ4n) is 5.58. The minimum absolute atomic E-state index is 0.0426. The number of amides is 2. The van der Waals surface area contributed by atoms with Gasteiger partial charge in [-0.25, -0.2) is 0 Å². The predicted molar refractivity (Wildman–Crippen MR) is 129 cm³/mol. The molecule has 1 aliphatic carbocycles. The Balaban J connectivity index is 1.22. The first-order chi connectivity index (χ1) is 16.4. The van der Waals surface area contributed by atoms with Crippen LogP contribution in [0.3, 0.4) is 0 Å². The van der Waals surface area contributed by atoms with Crippen molar-refractivity contribution in [2.45, 2.75) is 63.8 Å². The highest BCUT2D eigenvalue weighted by atomic mass is 16.5. The minimum Gasteiger partial charge on any atom is -0.369 e. The molecule has 1 aromatic rings. The Kier molecular flexibility index (Phi) is 6.62. The number of fused-ring (bicyclic) bond motifs is 1. The number of benzene rings is 1. The van der Waals surface area contributed by atoms with E-state index in [9.17, 15) is 14.4 Å². The summed E-state index contributed by atoms with van der Waals surface area (Å²) in [7, 11) is 0. The Labute approximate surface area is 201 Å². The normalized spacial score (nSPS) is 26.1. The highest BCUT2D eigenvalue weighted by molar-refractivity contribution is 5.99. The van der Waals surface area contributed by atoms with Gasteiger partial charge in [0.2, 0.25) is 5.91 Å². The van der Waals surface area contributed by atoms with E-state index in [-0.39, 0.29) is 36.2 Å². The Morgan fingerprint density at radius 1 is 1.03 bits per heavy atom. The van der Waals surface area contributed by atoms with Gasteiger partial charge in [0.25, 0.3) is 5.91 Å². The van der Waals surface area contributed by atoms with Crippen LogP contribution in [0, 0.1) is 5.92 Å². The van der Waals surface area contributed by atoms with Crippen LogP contribution in [0.4, 0.5) is 5.69 Å². The Bertz CT molecular complexity index is 921. The molecule has 1 aromatic carbocycles. The maximum absolute atomic E-state index is 13.4. The van der Waals surface area contributed by atoms with Crippen LogP contribution in [0.5, 0.6) is 0 Å². The number of carbonyl (C=O) groups is 3. The lowest BCUT2D eigenvalue weighted by atomic mass is 10.0. The smallest absolute Gasteiger partial charge is 0.251 e. The molecule has 0 spiro atoms. The van der Waals surface area contributed by atoms with Crippen molar-refractivity contribution in [1.82, 2.24) is 15.1 Å². The number of ketones is 1. The van der Waals surface area contributed by atoms with E-state index >= 15 is 0 Å². The first-order valence-electron chi connectivity index (χ1n) is 12.8. The predicted octanol–water partition coefficient (Wildman–Crippen LogP) is 1.68. The van der Waals surface area contributed by atoms with Crippen LogP contribution < -0.4 is 10.2 Å². The zero-order chi connectivity index (χ0) is 23.8. The van der Waals surface area contributed by atoms with Gasteiger partial charge >= 0.3 is 0 Å². The van der Waals surface area contributed by atoms with Crippen molar-refractivity contribution >= 4 is 23.3 Å². The number of hydrogen-bond donors (Lipinski definition) is 1. The van der Waals surface area contributed by atoms with Gasteiger partial charge in [-0.1, -0.05) is 13.8 Å². The first kappa shape index (κ1) is 23.3. The molecular weight excluding hydrogens is 432 g/mol. The van der Waals surface area contributed by atoms with Gasteiger partial charge in [-0.3, -0.25) is 19.3 Å². The maximum atomic E-state index is 13.4. The number of Topliss-reactive ketones (excluding diaryl/α,β-unsaturated/α-hetero) is 1. The van der Waals surface area contributed by atoms with E-state index in [1.54, 1.807) is 4.90 Å². The van der Waals surface area contributed by atoms with Gasteiger partial charge in [-0.15, -0.1) is 0 Å². The second kappa shape index (κ2) is 9.66. The monoisotopic (exact) mass is 468 g/mol. The molecule has 4 fully saturated rings. The third-order valence-corrected chi connectivity index (χ3v) is 7.58. The number of nitrogens with one attached hydrogen (secondary N) is 1. The Morgan fingerprint density at radius 2 is 1.74 bits per heavy atom. The summed E-state index contributed by atoms with van der Waals surface area (Å²) in [6.45, 7) is 8.83. The molecule has 0 bridgehead atoms. The minimum atomic E-state index is -0.658. The molecule has 184 valence electrons. The number of piperazine rings is 1. The van der Waals surface area contributed by atoms with E-state index in [4.69, 9.17) is 4.74 Å². The van der Waals surface area contributed by atoms with E-state index in [0.29, 0.717) is 24.9 Å². The van der Waals surface area contributed by atoms with Crippen molar-refractivity contribution in [3.8, 4) is 0 Å². The van der Waals surface area contributed by atoms with Crippen molar-refractivity contribution in [1.29, 1.82) is 0 Å². The van der Waals surface area contributed by atoms with Gasteiger partial charge in [0.05, 0.1) is 6.10 Å². The first-order valence-corrected chi connectivity index (χ1v) is 12.8. The fraction of sp³-hybridized carbons (Fsp3) is 0.654. The third-order valence-electron chi connectivity index (χ3n) is 7.58. The Morgan fingerprint density at radius 3 is 2.38 bits per heavy atom. The van der Waals surface area contributed by atoms with Gasteiger partial charge in [-0.2, -0.15) is 0 Å². The van der Waals surface area contributed by atoms with Crippen LogP contribution in [-0.4, -0.2) is 91.0 Å². The van der Waals surface area contributed by atoms with Crippen LogP contribution in [0.2, 0.25) is 0 Å². The maximum Gasteiger partial charge on any atom is 0.251 e. The van der Waals surface area contributed by atoms with E-state index in [1.165, 1.54) is 12.8 Å². The summed E-state index contributed by atoms with van der Waals surface area (Å²) in [6.07, 6.45) is 3.67. The molecule has 3 heterocycles. The van der Waals surface area contributed by atoms with Gasteiger partial charge in [-0.05, 0) is 55.9 Å². The molecule has 3 atom stereocenters. The lowest BCUT2D eigenvalue weighted by Gasteiger charge is -2.36. The molecule has 1 N–H and O–H groups in total. The summed E-state index contributed by atoms with van der Waals surface area (Å²) in [5, 5.41) is 2.96.